The van der Waals surface area contributed by atoms with Gasteiger partial charge in [0.25, 0.3) is 5.88 Å². The molecule has 0 aromatic carbocycles. The third-order valence-electron chi connectivity index (χ3n) is 1.42. The second-order valence-corrected chi connectivity index (χ2v) is 4.63. The number of halogens is 2. The Morgan fingerprint density at radius 1 is 1.60 bits per heavy atom. The van der Waals surface area contributed by atoms with Crippen molar-refractivity contribution in [2.24, 2.45) is 0 Å². The summed E-state index contributed by atoms with van der Waals surface area (Å²) >= 11 is 4.15. The van der Waals surface area contributed by atoms with Gasteiger partial charge in [0.15, 0.2) is 12.4 Å². The normalized spacial score (nSPS) is 9.80. The fourth-order valence-corrected chi connectivity index (χ4v) is 1.59. The molecule has 0 saturated carbocycles. The van der Waals surface area contributed by atoms with Gasteiger partial charge in [0.2, 0.25) is 0 Å². The smallest absolute Gasteiger partial charge is 0.341 e. The molecule has 5 nitrogen and oxygen atoms in total. The second kappa shape index (κ2) is 5.68. The van der Waals surface area contributed by atoms with Gasteiger partial charge in [-0.15, -0.1) is 0 Å². The minimum atomic E-state index is -1.05. The third-order valence-corrected chi connectivity index (χ3v) is 4.09. The maximum atomic E-state index is 10.3. The Morgan fingerprint density at radius 3 is 2.80 bits per heavy atom. The Hall–Kier alpha value is -0.320. The predicted molar refractivity (Wildman–Crippen MR) is 69.4 cm³/mol. The molecular formula is C8H7I2NO4. The van der Waals surface area contributed by atoms with Crippen molar-refractivity contribution >= 4 is 51.2 Å². The van der Waals surface area contributed by atoms with Crippen LogP contribution in [-0.2, 0) is 4.79 Å². The monoisotopic (exact) mass is 435 g/mol. The lowest BCUT2D eigenvalue weighted by Gasteiger charge is -2.09. The summed E-state index contributed by atoms with van der Waals surface area (Å²) < 4.78 is 11.7. The Morgan fingerprint density at radius 2 is 2.27 bits per heavy atom. The van der Waals surface area contributed by atoms with Gasteiger partial charge in [-0.2, -0.15) is 0 Å². The Balaban J connectivity index is 2.94. The van der Waals surface area contributed by atoms with Crippen molar-refractivity contribution in [2.75, 3.05) is 13.7 Å². The molecule has 0 radical (unpaired) electrons. The van der Waals surface area contributed by atoms with E-state index >= 15 is 0 Å². The Labute approximate surface area is 113 Å². The van der Waals surface area contributed by atoms with Gasteiger partial charge < -0.3 is 14.6 Å². The third kappa shape index (κ3) is 3.63. The molecule has 15 heavy (non-hydrogen) atoms. The fraction of sp³-hybridized carbons (Fsp3) is 0.250. The summed E-state index contributed by atoms with van der Waals surface area (Å²) in [5, 5.41) is 8.47. The van der Waals surface area contributed by atoms with Crippen molar-refractivity contribution in [3.05, 3.63) is 13.3 Å². The van der Waals surface area contributed by atoms with Gasteiger partial charge in [0.1, 0.15) is 3.70 Å². The molecule has 1 aromatic heterocycles. The first kappa shape index (κ1) is 12.7. The van der Waals surface area contributed by atoms with E-state index < -0.39 is 12.6 Å². The zero-order valence-electron chi connectivity index (χ0n) is 7.66. The molecule has 0 spiro atoms. The van der Waals surface area contributed by atoms with Crippen molar-refractivity contribution in [2.45, 2.75) is 0 Å². The summed E-state index contributed by atoms with van der Waals surface area (Å²) in [6.07, 6.45) is 0. The van der Waals surface area contributed by atoms with Gasteiger partial charge in [0, 0.05) is 9.64 Å². The summed E-state index contributed by atoms with van der Waals surface area (Å²) in [4.78, 5) is 14.4. The van der Waals surface area contributed by atoms with E-state index in [1.165, 1.54) is 7.11 Å². The summed E-state index contributed by atoms with van der Waals surface area (Å²) in [6, 6.07) is 1.74. The molecule has 1 N–H and O–H groups in total. The van der Waals surface area contributed by atoms with E-state index in [1.54, 1.807) is 6.07 Å². The van der Waals surface area contributed by atoms with Crippen LogP contribution in [0.2, 0.25) is 0 Å². The highest BCUT2D eigenvalue weighted by molar-refractivity contribution is 14.1. The van der Waals surface area contributed by atoms with E-state index in [2.05, 4.69) is 27.6 Å². The fourth-order valence-electron chi connectivity index (χ4n) is 0.814. The standard InChI is InChI=1S/C8H7I2NO4/c1-14-5-2-4(9)7(10)11-8(5)15-3-6(12)13/h2H,3H2,1H3,(H,12,13). The Bertz CT molecular complexity index is 383. The van der Waals surface area contributed by atoms with Crippen LogP contribution < -0.4 is 9.47 Å². The summed E-state index contributed by atoms with van der Waals surface area (Å²) in [6.45, 7) is -0.431. The zero-order chi connectivity index (χ0) is 11.4. The van der Waals surface area contributed by atoms with E-state index in [-0.39, 0.29) is 5.88 Å². The van der Waals surface area contributed by atoms with Crippen LogP contribution in [0.25, 0.3) is 0 Å². The van der Waals surface area contributed by atoms with Crippen LogP contribution in [0.4, 0.5) is 0 Å². The minimum Gasteiger partial charge on any atom is -0.491 e. The van der Waals surface area contributed by atoms with Crippen LogP contribution in [-0.4, -0.2) is 29.8 Å². The number of hydrogen-bond acceptors (Lipinski definition) is 4. The molecule has 0 aliphatic heterocycles. The first-order valence-electron chi connectivity index (χ1n) is 3.79. The number of pyridine rings is 1. The average Bonchev–Trinajstić information content (AvgIpc) is 2.19. The molecule has 0 aliphatic carbocycles. The highest BCUT2D eigenvalue weighted by atomic mass is 127. The van der Waals surface area contributed by atoms with Gasteiger partial charge in [-0.05, 0) is 45.2 Å². The van der Waals surface area contributed by atoms with E-state index in [9.17, 15) is 4.79 Å². The van der Waals surface area contributed by atoms with Crippen LogP contribution in [0, 0.1) is 7.27 Å². The van der Waals surface area contributed by atoms with Crippen LogP contribution in [0.3, 0.4) is 0 Å². The Kier molecular flexibility index (Phi) is 4.83. The van der Waals surface area contributed by atoms with Crippen molar-refractivity contribution < 1.29 is 19.4 Å². The van der Waals surface area contributed by atoms with Gasteiger partial charge in [-0.1, -0.05) is 0 Å². The summed E-state index contributed by atoms with van der Waals surface area (Å²) in [5.41, 5.74) is 0. The van der Waals surface area contributed by atoms with Crippen molar-refractivity contribution in [3.63, 3.8) is 0 Å². The number of methoxy groups -OCH3 is 1. The first-order chi connectivity index (χ1) is 7.04. The zero-order valence-corrected chi connectivity index (χ0v) is 12.0. The lowest BCUT2D eigenvalue weighted by atomic mass is 10.4. The molecular weight excluding hydrogens is 428 g/mol. The van der Waals surface area contributed by atoms with Gasteiger partial charge >= 0.3 is 5.97 Å². The highest BCUT2D eigenvalue weighted by Crippen LogP contribution is 2.28. The van der Waals surface area contributed by atoms with E-state index in [1.807, 2.05) is 22.6 Å². The van der Waals surface area contributed by atoms with Gasteiger partial charge in [-0.25, -0.2) is 9.78 Å². The average molecular weight is 435 g/mol. The number of carbonyl (C=O) groups is 1. The number of ether oxygens (including phenoxy) is 2. The van der Waals surface area contributed by atoms with Gasteiger partial charge in [-0.3, -0.25) is 0 Å². The van der Waals surface area contributed by atoms with Crippen LogP contribution in [0.5, 0.6) is 11.6 Å². The first-order valence-corrected chi connectivity index (χ1v) is 5.95. The molecule has 0 aliphatic rings. The number of hydrogen-bond donors (Lipinski definition) is 1. The number of aromatic nitrogens is 1. The minimum absolute atomic E-state index is 0.199. The maximum Gasteiger partial charge on any atom is 0.341 e. The molecule has 0 fully saturated rings. The lowest BCUT2D eigenvalue weighted by molar-refractivity contribution is -0.139. The number of aliphatic carboxylic acids is 1. The largest absolute Gasteiger partial charge is 0.491 e. The molecule has 1 heterocycles. The van der Waals surface area contributed by atoms with E-state index in [0.717, 1.165) is 7.27 Å². The quantitative estimate of drug-likeness (QED) is 0.577. The van der Waals surface area contributed by atoms with Crippen LogP contribution in [0.1, 0.15) is 0 Å². The van der Waals surface area contributed by atoms with Crippen LogP contribution >= 0.6 is 45.2 Å². The number of carboxylic acid groups (broad SMARTS) is 1. The highest BCUT2D eigenvalue weighted by Gasteiger charge is 2.11. The van der Waals surface area contributed by atoms with E-state index in [0.29, 0.717) is 5.75 Å². The number of carboxylic acids is 1. The molecule has 1 rings (SSSR count). The summed E-state index contributed by atoms with van der Waals surface area (Å²) in [5.74, 6) is -0.418. The molecule has 0 bridgehead atoms. The SMILES string of the molecule is COc1cc(I)c(I)nc1OCC(=O)O. The molecule has 1 aromatic rings. The maximum absolute atomic E-state index is 10.3. The van der Waals surface area contributed by atoms with Crippen LogP contribution in [0.15, 0.2) is 6.07 Å². The van der Waals surface area contributed by atoms with Crippen molar-refractivity contribution in [1.82, 2.24) is 4.98 Å². The predicted octanol–water partition coefficient (Wildman–Crippen LogP) is 1.76. The molecule has 82 valence electrons. The molecule has 0 amide bonds. The van der Waals surface area contributed by atoms with E-state index in [4.69, 9.17) is 14.6 Å². The molecule has 0 unspecified atom stereocenters. The molecule has 0 saturated heterocycles. The van der Waals surface area contributed by atoms with Crippen molar-refractivity contribution in [1.29, 1.82) is 0 Å². The van der Waals surface area contributed by atoms with Gasteiger partial charge in [0.05, 0.1) is 7.11 Å². The van der Waals surface area contributed by atoms with Crippen molar-refractivity contribution in [3.8, 4) is 11.6 Å². The topological polar surface area (TPSA) is 68.7 Å². The number of rotatable bonds is 4. The lowest BCUT2D eigenvalue weighted by Crippen LogP contribution is -2.11. The second-order valence-electron chi connectivity index (χ2n) is 2.45. The molecule has 7 heteroatoms. The number of nitrogens with zero attached hydrogens (tertiary/aromatic N) is 1. The molecule has 0 atom stereocenters. The summed E-state index contributed by atoms with van der Waals surface area (Å²) in [7, 11) is 1.48.